The molecular weight excluding hydrogens is 208 g/mol. The SMILES string of the molecule is CCCNC(CC1CC1)c1ccncc1CC. The lowest BCUT2D eigenvalue weighted by Crippen LogP contribution is -2.23. The monoisotopic (exact) mass is 232 g/mol. The summed E-state index contributed by atoms with van der Waals surface area (Å²) in [7, 11) is 0. The highest BCUT2D eigenvalue weighted by molar-refractivity contribution is 5.27. The third-order valence-corrected chi connectivity index (χ3v) is 3.60. The zero-order valence-corrected chi connectivity index (χ0v) is 11.1. The smallest absolute Gasteiger partial charge is 0.0326 e. The first-order valence-electron chi connectivity index (χ1n) is 7.01. The molecule has 1 aromatic heterocycles. The summed E-state index contributed by atoms with van der Waals surface area (Å²) in [6.45, 7) is 5.56. The first-order valence-corrected chi connectivity index (χ1v) is 7.01. The van der Waals surface area contributed by atoms with Gasteiger partial charge in [-0.2, -0.15) is 0 Å². The van der Waals surface area contributed by atoms with E-state index in [1.54, 1.807) is 0 Å². The van der Waals surface area contributed by atoms with E-state index in [-0.39, 0.29) is 0 Å². The lowest BCUT2D eigenvalue weighted by molar-refractivity contribution is 0.471. The highest BCUT2D eigenvalue weighted by Gasteiger charge is 2.26. The molecule has 0 bridgehead atoms. The quantitative estimate of drug-likeness (QED) is 0.778. The summed E-state index contributed by atoms with van der Waals surface area (Å²) in [6, 6.07) is 2.74. The molecule has 0 spiro atoms. The number of hydrogen-bond donors (Lipinski definition) is 1. The summed E-state index contributed by atoms with van der Waals surface area (Å²) < 4.78 is 0. The van der Waals surface area contributed by atoms with Crippen molar-refractivity contribution in [3.8, 4) is 0 Å². The topological polar surface area (TPSA) is 24.9 Å². The second kappa shape index (κ2) is 6.15. The summed E-state index contributed by atoms with van der Waals surface area (Å²) >= 11 is 0. The molecule has 0 amide bonds. The second-order valence-corrected chi connectivity index (χ2v) is 5.11. The van der Waals surface area contributed by atoms with Gasteiger partial charge in [0.05, 0.1) is 0 Å². The van der Waals surface area contributed by atoms with E-state index in [1.807, 2.05) is 12.4 Å². The Balaban J connectivity index is 2.10. The van der Waals surface area contributed by atoms with Gasteiger partial charge in [0.25, 0.3) is 0 Å². The predicted molar refractivity (Wildman–Crippen MR) is 72.0 cm³/mol. The summed E-state index contributed by atoms with van der Waals surface area (Å²) in [5, 5.41) is 3.70. The molecule has 0 aromatic carbocycles. The Hall–Kier alpha value is -0.890. The Morgan fingerprint density at radius 1 is 1.41 bits per heavy atom. The fraction of sp³-hybridized carbons (Fsp3) is 0.667. The molecular formula is C15H24N2. The van der Waals surface area contributed by atoms with Crippen molar-refractivity contribution in [2.45, 2.75) is 52.0 Å². The number of nitrogens with one attached hydrogen (secondary N) is 1. The molecule has 1 heterocycles. The van der Waals surface area contributed by atoms with Crippen LogP contribution in [0, 0.1) is 5.92 Å². The van der Waals surface area contributed by atoms with Crippen LogP contribution >= 0.6 is 0 Å². The van der Waals surface area contributed by atoms with Crippen LogP contribution in [0.15, 0.2) is 18.5 Å². The van der Waals surface area contributed by atoms with E-state index in [9.17, 15) is 0 Å². The van der Waals surface area contributed by atoms with Crippen molar-refractivity contribution in [2.75, 3.05) is 6.54 Å². The Morgan fingerprint density at radius 3 is 2.88 bits per heavy atom. The molecule has 2 rings (SSSR count). The number of pyridine rings is 1. The minimum atomic E-state index is 0.542. The van der Waals surface area contributed by atoms with Gasteiger partial charge in [0.2, 0.25) is 0 Å². The minimum Gasteiger partial charge on any atom is -0.310 e. The standard InChI is InChI=1S/C15H24N2/c1-3-8-17-15(10-12-5-6-12)14-7-9-16-11-13(14)4-2/h7,9,11-12,15,17H,3-6,8,10H2,1-2H3. The molecule has 1 saturated carbocycles. The van der Waals surface area contributed by atoms with E-state index in [4.69, 9.17) is 0 Å². The summed E-state index contributed by atoms with van der Waals surface area (Å²) in [5.74, 6) is 0.960. The van der Waals surface area contributed by atoms with Crippen molar-refractivity contribution < 1.29 is 0 Å². The molecule has 1 aliphatic carbocycles. The molecule has 1 aliphatic rings. The molecule has 1 N–H and O–H groups in total. The molecule has 0 radical (unpaired) electrons. The predicted octanol–water partition coefficient (Wildman–Crippen LogP) is 3.48. The number of aromatic nitrogens is 1. The summed E-state index contributed by atoms with van der Waals surface area (Å²) in [5.41, 5.74) is 2.88. The normalized spacial score (nSPS) is 17.1. The van der Waals surface area contributed by atoms with Gasteiger partial charge < -0.3 is 5.32 Å². The van der Waals surface area contributed by atoms with Crippen molar-refractivity contribution in [3.05, 3.63) is 29.6 Å². The van der Waals surface area contributed by atoms with Crippen LogP contribution in [0.25, 0.3) is 0 Å². The molecule has 94 valence electrons. The third-order valence-electron chi connectivity index (χ3n) is 3.60. The molecule has 1 aromatic rings. The van der Waals surface area contributed by atoms with Gasteiger partial charge in [-0.3, -0.25) is 4.98 Å². The molecule has 1 fully saturated rings. The molecule has 1 atom stereocenters. The van der Waals surface area contributed by atoms with E-state index in [1.165, 1.54) is 36.8 Å². The molecule has 0 saturated heterocycles. The summed E-state index contributed by atoms with van der Waals surface area (Å²) in [6.07, 6.45) is 10.4. The van der Waals surface area contributed by atoms with Crippen LogP contribution in [-0.4, -0.2) is 11.5 Å². The van der Waals surface area contributed by atoms with E-state index < -0.39 is 0 Å². The highest BCUT2D eigenvalue weighted by atomic mass is 14.9. The molecule has 1 unspecified atom stereocenters. The number of nitrogens with zero attached hydrogens (tertiary/aromatic N) is 1. The molecule has 2 nitrogen and oxygen atoms in total. The maximum Gasteiger partial charge on any atom is 0.0326 e. The largest absolute Gasteiger partial charge is 0.310 e. The van der Waals surface area contributed by atoms with Crippen LogP contribution in [0.3, 0.4) is 0 Å². The van der Waals surface area contributed by atoms with Crippen molar-refractivity contribution in [1.29, 1.82) is 0 Å². The van der Waals surface area contributed by atoms with Crippen molar-refractivity contribution >= 4 is 0 Å². The van der Waals surface area contributed by atoms with E-state index in [2.05, 4.69) is 30.2 Å². The zero-order chi connectivity index (χ0) is 12.1. The van der Waals surface area contributed by atoms with Crippen LogP contribution in [0.2, 0.25) is 0 Å². The second-order valence-electron chi connectivity index (χ2n) is 5.11. The first kappa shape index (κ1) is 12.6. The van der Waals surface area contributed by atoms with Gasteiger partial charge in [-0.05, 0) is 48.9 Å². The summed E-state index contributed by atoms with van der Waals surface area (Å²) in [4.78, 5) is 4.25. The third kappa shape index (κ3) is 3.53. The van der Waals surface area contributed by atoms with Crippen LogP contribution in [0.4, 0.5) is 0 Å². The van der Waals surface area contributed by atoms with Gasteiger partial charge >= 0.3 is 0 Å². The Bertz CT molecular complexity index is 345. The van der Waals surface area contributed by atoms with Crippen LogP contribution in [-0.2, 0) is 6.42 Å². The number of aryl methyl sites for hydroxylation is 1. The van der Waals surface area contributed by atoms with Gasteiger partial charge in [-0.15, -0.1) is 0 Å². The van der Waals surface area contributed by atoms with Crippen molar-refractivity contribution in [2.24, 2.45) is 5.92 Å². The van der Waals surface area contributed by atoms with Crippen LogP contribution < -0.4 is 5.32 Å². The maximum absolute atomic E-state index is 4.25. The number of rotatable bonds is 7. The van der Waals surface area contributed by atoms with Crippen molar-refractivity contribution in [3.63, 3.8) is 0 Å². The molecule has 2 heteroatoms. The van der Waals surface area contributed by atoms with Gasteiger partial charge in [0.15, 0.2) is 0 Å². The zero-order valence-electron chi connectivity index (χ0n) is 11.1. The lowest BCUT2D eigenvalue weighted by atomic mass is 9.96. The lowest BCUT2D eigenvalue weighted by Gasteiger charge is -2.21. The van der Waals surface area contributed by atoms with Crippen molar-refractivity contribution in [1.82, 2.24) is 10.3 Å². The number of hydrogen-bond acceptors (Lipinski definition) is 2. The molecule has 0 aliphatic heterocycles. The van der Waals surface area contributed by atoms with Gasteiger partial charge in [-0.1, -0.05) is 26.7 Å². The Kier molecular flexibility index (Phi) is 4.55. The highest BCUT2D eigenvalue weighted by Crippen LogP contribution is 2.38. The minimum absolute atomic E-state index is 0.542. The fourth-order valence-electron chi connectivity index (χ4n) is 2.40. The van der Waals surface area contributed by atoms with Gasteiger partial charge in [-0.25, -0.2) is 0 Å². The first-order chi connectivity index (χ1) is 8.35. The maximum atomic E-state index is 4.25. The fourth-order valence-corrected chi connectivity index (χ4v) is 2.40. The average Bonchev–Trinajstić information content (AvgIpc) is 3.18. The Morgan fingerprint density at radius 2 is 2.24 bits per heavy atom. The Labute approximate surface area is 105 Å². The van der Waals surface area contributed by atoms with E-state index in [0.717, 1.165) is 18.9 Å². The van der Waals surface area contributed by atoms with Crippen LogP contribution in [0.1, 0.15) is 56.7 Å². The average molecular weight is 232 g/mol. The van der Waals surface area contributed by atoms with E-state index in [0.29, 0.717) is 6.04 Å². The molecule has 17 heavy (non-hydrogen) atoms. The van der Waals surface area contributed by atoms with Crippen LogP contribution in [0.5, 0.6) is 0 Å². The van der Waals surface area contributed by atoms with Gasteiger partial charge in [0, 0.05) is 18.4 Å². The van der Waals surface area contributed by atoms with Gasteiger partial charge in [0.1, 0.15) is 0 Å². The van der Waals surface area contributed by atoms with E-state index >= 15 is 0 Å².